The fourth-order valence-electron chi connectivity index (χ4n) is 5.85. The summed E-state index contributed by atoms with van der Waals surface area (Å²) in [5, 5.41) is 11.8. The molecule has 0 bridgehead atoms. The van der Waals surface area contributed by atoms with Crippen LogP contribution in [0.25, 0.3) is 11.0 Å². The highest BCUT2D eigenvalue weighted by Crippen LogP contribution is 2.31. The number of H-pyrrole nitrogens is 1. The number of hydrogen-bond acceptors (Lipinski definition) is 5. The molecular weight excluding hydrogens is 593 g/mol. The maximum Gasteiger partial charge on any atom is 0.406 e. The van der Waals surface area contributed by atoms with Crippen LogP contribution in [0.4, 0.5) is 23.7 Å². The number of likely N-dealkylation sites (tertiary alicyclic amines) is 1. The van der Waals surface area contributed by atoms with Gasteiger partial charge in [-0.3, -0.25) is 14.3 Å². The van der Waals surface area contributed by atoms with E-state index in [1.165, 1.54) is 33.7 Å². The molecule has 4 aromatic rings. The lowest BCUT2D eigenvalue weighted by Gasteiger charge is -2.33. The van der Waals surface area contributed by atoms with Crippen molar-refractivity contribution < 1.29 is 32.7 Å². The lowest BCUT2D eigenvalue weighted by atomic mass is 10.0. The fraction of sp³-hybridized carbons (Fsp3) is 0.258. The van der Waals surface area contributed by atoms with Crippen molar-refractivity contribution in [3.05, 3.63) is 100.0 Å². The van der Waals surface area contributed by atoms with Gasteiger partial charge in [0.2, 0.25) is 6.17 Å². The van der Waals surface area contributed by atoms with Gasteiger partial charge in [0.1, 0.15) is 6.54 Å². The highest BCUT2D eigenvalue weighted by molar-refractivity contribution is 6.20. The van der Waals surface area contributed by atoms with Crippen molar-refractivity contribution in [2.75, 3.05) is 24.5 Å². The summed E-state index contributed by atoms with van der Waals surface area (Å²) in [5.74, 6) is -2.15. The third kappa shape index (κ3) is 5.90. The maximum atomic E-state index is 13.7. The van der Waals surface area contributed by atoms with Gasteiger partial charge < -0.3 is 20.3 Å². The number of benzene rings is 3. The van der Waals surface area contributed by atoms with Crippen LogP contribution in [0.1, 0.15) is 40.4 Å². The monoisotopic (exact) mass is 620 g/mol. The van der Waals surface area contributed by atoms with Crippen LogP contribution in [0, 0.1) is 0 Å². The minimum atomic E-state index is -4.72. The Morgan fingerprint density at radius 2 is 1.67 bits per heavy atom. The number of aromatic amines is 1. The van der Waals surface area contributed by atoms with Crippen molar-refractivity contribution in [3.8, 4) is 0 Å². The average molecular weight is 621 g/mol. The number of para-hydroxylation sites is 1. The Morgan fingerprint density at radius 3 is 2.36 bits per heavy atom. The molecule has 2 aliphatic heterocycles. The van der Waals surface area contributed by atoms with E-state index in [-0.39, 0.29) is 36.1 Å². The number of carbonyl (C=O) groups excluding carboxylic acids is 2. The summed E-state index contributed by atoms with van der Waals surface area (Å²) >= 11 is 0. The van der Waals surface area contributed by atoms with Crippen molar-refractivity contribution in [1.29, 1.82) is 0 Å². The number of hydrogen-bond donors (Lipinski definition) is 3. The maximum absolute atomic E-state index is 13.7. The number of piperidine rings is 1. The van der Waals surface area contributed by atoms with Crippen LogP contribution in [0.15, 0.2) is 82.6 Å². The van der Waals surface area contributed by atoms with Crippen LogP contribution in [-0.4, -0.2) is 75.2 Å². The zero-order valence-electron chi connectivity index (χ0n) is 23.6. The summed E-state index contributed by atoms with van der Waals surface area (Å²) in [7, 11) is 0. The Bertz CT molecular complexity index is 1880. The molecule has 0 spiro atoms. The third-order valence-corrected chi connectivity index (χ3v) is 7.93. The van der Waals surface area contributed by atoms with Crippen LogP contribution in [0.5, 0.6) is 0 Å². The van der Waals surface area contributed by atoms with E-state index in [2.05, 4.69) is 15.3 Å². The molecule has 11 nitrogen and oxygen atoms in total. The number of nitrogens with one attached hydrogen (secondary N) is 2. The van der Waals surface area contributed by atoms with Crippen LogP contribution < -0.4 is 15.9 Å². The lowest BCUT2D eigenvalue weighted by Crippen LogP contribution is -2.54. The molecule has 0 aliphatic carbocycles. The molecule has 2 aliphatic rings. The molecule has 3 aromatic carbocycles. The van der Waals surface area contributed by atoms with Crippen LogP contribution >= 0.6 is 0 Å². The van der Waals surface area contributed by atoms with Crippen molar-refractivity contribution in [2.24, 2.45) is 4.99 Å². The van der Waals surface area contributed by atoms with Gasteiger partial charge in [-0.25, -0.2) is 19.4 Å². The van der Waals surface area contributed by atoms with Gasteiger partial charge in [-0.1, -0.05) is 48.5 Å². The first kappa shape index (κ1) is 29.7. The Labute approximate surface area is 253 Å². The number of aliphatic imine (C=N–C) groups is 1. The van der Waals surface area contributed by atoms with E-state index in [1.54, 1.807) is 48.5 Å². The molecule has 0 saturated carbocycles. The molecule has 3 N–H and O–H groups in total. The number of nitrogens with zero attached hydrogens (tertiary/aromatic N) is 4. The van der Waals surface area contributed by atoms with Crippen LogP contribution in [0.3, 0.4) is 0 Å². The van der Waals surface area contributed by atoms with Gasteiger partial charge in [0.15, 0.2) is 0 Å². The highest BCUT2D eigenvalue weighted by Gasteiger charge is 2.40. The zero-order chi connectivity index (χ0) is 31.9. The molecule has 1 atom stereocenters. The molecular formula is C31H27F3N6O5. The first-order chi connectivity index (χ1) is 21.5. The molecule has 1 fully saturated rings. The topological polar surface area (TPSA) is 140 Å². The van der Waals surface area contributed by atoms with Gasteiger partial charge in [-0.2, -0.15) is 13.2 Å². The Balaban J connectivity index is 1.25. The quantitative estimate of drug-likeness (QED) is 0.308. The van der Waals surface area contributed by atoms with Gasteiger partial charge >= 0.3 is 23.9 Å². The smallest absolute Gasteiger partial charge is 0.406 e. The number of urea groups is 1. The van der Waals surface area contributed by atoms with Gasteiger partial charge in [0, 0.05) is 30.3 Å². The largest absolute Gasteiger partial charge is 0.478 e. The third-order valence-electron chi connectivity index (χ3n) is 7.93. The molecule has 0 unspecified atom stereocenters. The van der Waals surface area contributed by atoms with E-state index >= 15 is 0 Å². The summed E-state index contributed by atoms with van der Waals surface area (Å²) in [6, 6.07) is 18.2. The number of aromatic carboxylic acids is 1. The van der Waals surface area contributed by atoms with Crippen LogP contribution in [-0.2, 0) is 4.79 Å². The number of alkyl halides is 3. The molecule has 6 rings (SSSR count). The summed E-state index contributed by atoms with van der Waals surface area (Å²) in [5.41, 5.74) is 1.70. The number of rotatable bonds is 5. The second kappa shape index (κ2) is 11.6. The molecule has 1 aromatic heterocycles. The Kier molecular flexibility index (Phi) is 7.64. The van der Waals surface area contributed by atoms with Crippen molar-refractivity contribution in [3.63, 3.8) is 0 Å². The lowest BCUT2D eigenvalue weighted by molar-refractivity contribution is -0.133. The average Bonchev–Trinajstić information content (AvgIpc) is 3.31. The SMILES string of the molecule is O=C(O)c1ccc2c(c1)[nH]c(=O)n2C1CCN(C(=O)N[C@@H]2N=C(c3ccccc3)c3ccccc3N(CC(F)(F)F)C2=O)CC1. The summed E-state index contributed by atoms with van der Waals surface area (Å²) in [4.78, 5) is 60.4. The van der Waals surface area contributed by atoms with Crippen molar-refractivity contribution in [1.82, 2.24) is 19.8 Å². The van der Waals surface area contributed by atoms with Crippen LogP contribution in [0.2, 0.25) is 0 Å². The first-order valence-corrected chi connectivity index (χ1v) is 14.1. The molecule has 14 heteroatoms. The summed E-state index contributed by atoms with van der Waals surface area (Å²) in [6.07, 6.45) is -5.63. The predicted octanol–water partition coefficient (Wildman–Crippen LogP) is 4.15. The molecule has 1 saturated heterocycles. The number of aromatic nitrogens is 2. The van der Waals surface area contributed by atoms with E-state index in [1.807, 2.05) is 0 Å². The number of amides is 3. The Hall–Kier alpha value is -5.40. The number of fused-ring (bicyclic) bond motifs is 2. The summed E-state index contributed by atoms with van der Waals surface area (Å²) in [6.45, 7) is -1.19. The highest BCUT2D eigenvalue weighted by atomic mass is 19.4. The molecule has 232 valence electrons. The number of imidazole rings is 1. The minimum Gasteiger partial charge on any atom is -0.478 e. The second-order valence-electron chi connectivity index (χ2n) is 10.8. The number of carboxylic acids is 1. The van der Waals surface area contributed by atoms with E-state index in [9.17, 15) is 37.5 Å². The standard InChI is InChI=1S/C31H27F3N6O5/c32-31(33,34)17-39-23-9-5-4-8-21(23)25(18-6-2-1-3-7-18)36-26(27(39)41)37-29(44)38-14-12-20(13-15-38)40-24-11-10-19(28(42)43)16-22(24)35-30(40)45/h1-11,16,20,26H,12-15,17H2,(H,35,45)(H,37,44)(H,42,43)/t26-/m0/s1. The molecule has 0 radical (unpaired) electrons. The van der Waals surface area contributed by atoms with E-state index in [0.717, 1.165) is 0 Å². The first-order valence-electron chi connectivity index (χ1n) is 14.1. The van der Waals surface area contributed by atoms with E-state index in [0.29, 0.717) is 39.9 Å². The number of carbonyl (C=O) groups is 3. The summed E-state index contributed by atoms with van der Waals surface area (Å²) < 4.78 is 42.6. The van der Waals surface area contributed by atoms with Crippen molar-refractivity contribution in [2.45, 2.75) is 31.2 Å². The van der Waals surface area contributed by atoms with Crippen molar-refractivity contribution >= 4 is 40.3 Å². The number of anilines is 1. The number of benzodiazepines with no additional fused rings is 1. The van der Waals surface area contributed by atoms with Gasteiger partial charge in [0.25, 0.3) is 5.91 Å². The van der Waals surface area contributed by atoms with Gasteiger partial charge in [-0.15, -0.1) is 0 Å². The normalized spacial score (nSPS) is 17.5. The fourth-order valence-corrected chi connectivity index (χ4v) is 5.85. The number of halogens is 3. The van der Waals surface area contributed by atoms with Gasteiger partial charge in [0.05, 0.1) is 28.0 Å². The molecule has 3 heterocycles. The Morgan fingerprint density at radius 1 is 0.978 bits per heavy atom. The number of carboxylic acid groups (broad SMARTS) is 1. The zero-order valence-corrected chi connectivity index (χ0v) is 23.6. The molecule has 45 heavy (non-hydrogen) atoms. The van der Waals surface area contributed by atoms with E-state index in [4.69, 9.17) is 0 Å². The predicted molar refractivity (Wildman–Crippen MR) is 159 cm³/mol. The van der Waals surface area contributed by atoms with E-state index < -0.39 is 42.5 Å². The second-order valence-corrected chi connectivity index (χ2v) is 10.8. The minimum absolute atomic E-state index is 0.0274. The van der Waals surface area contributed by atoms with Gasteiger partial charge in [-0.05, 0) is 37.1 Å². The molecule has 3 amide bonds.